The predicted octanol–water partition coefficient (Wildman–Crippen LogP) is 3.11. The Bertz CT molecular complexity index is 536. The molecule has 1 aliphatic heterocycles. The fourth-order valence-corrected chi connectivity index (χ4v) is 3.78. The lowest BCUT2D eigenvalue weighted by atomic mass is 9.64. The fourth-order valence-electron chi connectivity index (χ4n) is 3.78. The number of hydrogen-bond acceptors (Lipinski definition) is 3. The van der Waals surface area contributed by atoms with E-state index >= 15 is 0 Å². The highest BCUT2D eigenvalue weighted by Gasteiger charge is 2.53. The second-order valence-electron chi connectivity index (χ2n) is 6.09. The highest BCUT2D eigenvalue weighted by atomic mass is 16.6. The summed E-state index contributed by atoms with van der Waals surface area (Å²) in [5.41, 5.74) is 0.269. The van der Waals surface area contributed by atoms with Gasteiger partial charge in [-0.3, -0.25) is 4.79 Å². The SMILES string of the molecule is CN1C(=O)OCC(c2ccccc2)(C2CCCCC2)C1=O. The van der Waals surface area contributed by atoms with Crippen LogP contribution in [0.15, 0.2) is 30.3 Å². The van der Waals surface area contributed by atoms with Crippen molar-refractivity contribution in [1.82, 2.24) is 4.90 Å². The molecule has 0 aromatic heterocycles. The molecule has 0 N–H and O–H groups in total. The number of likely N-dealkylation sites (N-methyl/N-ethyl adjacent to an activating group) is 1. The second-order valence-corrected chi connectivity index (χ2v) is 6.09. The Labute approximate surface area is 125 Å². The summed E-state index contributed by atoms with van der Waals surface area (Å²) in [5, 5.41) is 0. The van der Waals surface area contributed by atoms with Crippen molar-refractivity contribution in [3.63, 3.8) is 0 Å². The molecule has 0 bridgehead atoms. The largest absolute Gasteiger partial charge is 0.448 e. The number of imide groups is 1. The third kappa shape index (κ3) is 2.23. The van der Waals surface area contributed by atoms with Crippen LogP contribution in [0.2, 0.25) is 0 Å². The first-order valence-electron chi connectivity index (χ1n) is 7.66. The van der Waals surface area contributed by atoms with Gasteiger partial charge in [0.1, 0.15) is 12.0 Å². The quantitative estimate of drug-likeness (QED) is 0.839. The summed E-state index contributed by atoms with van der Waals surface area (Å²) < 4.78 is 5.35. The number of amides is 2. The van der Waals surface area contributed by atoms with Gasteiger partial charge in [-0.25, -0.2) is 9.69 Å². The van der Waals surface area contributed by atoms with E-state index in [1.54, 1.807) is 0 Å². The van der Waals surface area contributed by atoms with Crippen LogP contribution in [-0.4, -0.2) is 30.6 Å². The molecular weight excluding hydrogens is 266 g/mol. The van der Waals surface area contributed by atoms with E-state index in [4.69, 9.17) is 4.74 Å². The standard InChI is InChI=1S/C17H21NO3/c1-18-15(19)17(12-21-16(18)20,13-8-4-2-5-9-13)14-10-6-3-7-11-14/h2,4-5,8-9,14H,3,6-7,10-12H2,1H3. The first kappa shape index (κ1) is 14.1. The minimum Gasteiger partial charge on any atom is -0.448 e. The normalized spacial score (nSPS) is 27.6. The smallest absolute Gasteiger partial charge is 0.416 e. The molecule has 112 valence electrons. The number of hydrogen-bond donors (Lipinski definition) is 0. The highest BCUT2D eigenvalue weighted by molar-refractivity contribution is 6.00. The lowest BCUT2D eigenvalue weighted by Gasteiger charge is -2.45. The van der Waals surface area contributed by atoms with E-state index in [0.717, 1.165) is 36.1 Å². The highest BCUT2D eigenvalue weighted by Crippen LogP contribution is 2.44. The first-order valence-corrected chi connectivity index (χ1v) is 7.66. The number of ether oxygens (including phenoxy) is 1. The molecule has 21 heavy (non-hydrogen) atoms. The zero-order valence-electron chi connectivity index (χ0n) is 12.4. The van der Waals surface area contributed by atoms with Gasteiger partial charge in [0, 0.05) is 7.05 Å². The third-order valence-electron chi connectivity index (χ3n) is 4.97. The predicted molar refractivity (Wildman–Crippen MR) is 78.8 cm³/mol. The van der Waals surface area contributed by atoms with Crippen molar-refractivity contribution in [2.24, 2.45) is 5.92 Å². The molecule has 1 saturated heterocycles. The number of cyclic esters (lactones) is 1. The Morgan fingerprint density at radius 3 is 2.43 bits per heavy atom. The Balaban J connectivity index is 2.06. The van der Waals surface area contributed by atoms with Gasteiger partial charge in [0.15, 0.2) is 0 Å². The molecule has 1 aromatic rings. The van der Waals surface area contributed by atoms with Gasteiger partial charge in [0.05, 0.1) is 0 Å². The third-order valence-corrected chi connectivity index (χ3v) is 4.97. The maximum absolute atomic E-state index is 13.0. The minimum atomic E-state index is -0.704. The van der Waals surface area contributed by atoms with E-state index in [9.17, 15) is 9.59 Å². The first-order chi connectivity index (χ1) is 10.2. The van der Waals surface area contributed by atoms with Gasteiger partial charge in [-0.05, 0) is 24.3 Å². The van der Waals surface area contributed by atoms with Crippen LogP contribution in [0.3, 0.4) is 0 Å². The number of carbonyl (C=O) groups is 2. The van der Waals surface area contributed by atoms with E-state index in [-0.39, 0.29) is 18.4 Å². The number of carbonyl (C=O) groups excluding carboxylic acids is 2. The van der Waals surface area contributed by atoms with Crippen LogP contribution in [0, 0.1) is 5.92 Å². The molecule has 4 nitrogen and oxygen atoms in total. The van der Waals surface area contributed by atoms with Crippen molar-refractivity contribution < 1.29 is 14.3 Å². The van der Waals surface area contributed by atoms with Crippen LogP contribution < -0.4 is 0 Å². The summed E-state index contributed by atoms with van der Waals surface area (Å²) in [4.78, 5) is 25.8. The zero-order valence-corrected chi connectivity index (χ0v) is 12.4. The summed E-state index contributed by atoms with van der Waals surface area (Å²) in [6.45, 7) is 0.170. The molecule has 1 unspecified atom stereocenters. The van der Waals surface area contributed by atoms with E-state index in [1.807, 2.05) is 30.3 Å². The van der Waals surface area contributed by atoms with Gasteiger partial charge in [-0.2, -0.15) is 0 Å². The lowest BCUT2D eigenvalue weighted by Crippen LogP contribution is -2.59. The van der Waals surface area contributed by atoms with E-state index in [2.05, 4.69) is 0 Å². The summed E-state index contributed by atoms with van der Waals surface area (Å²) in [7, 11) is 1.52. The van der Waals surface area contributed by atoms with E-state index in [0.29, 0.717) is 0 Å². The van der Waals surface area contributed by atoms with Crippen LogP contribution in [-0.2, 0) is 14.9 Å². The number of rotatable bonds is 2. The van der Waals surface area contributed by atoms with Gasteiger partial charge in [-0.15, -0.1) is 0 Å². The van der Waals surface area contributed by atoms with Crippen LogP contribution in [0.5, 0.6) is 0 Å². The molecule has 1 saturated carbocycles. The van der Waals surface area contributed by atoms with Crippen molar-refractivity contribution in [2.45, 2.75) is 37.5 Å². The molecule has 2 fully saturated rings. The average Bonchev–Trinajstić information content (AvgIpc) is 2.55. The molecular formula is C17H21NO3. The average molecular weight is 287 g/mol. The van der Waals surface area contributed by atoms with Gasteiger partial charge in [0.25, 0.3) is 0 Å². The molecule has 0 radical (unpaired) electrons. The molecule has 3 rings (SSSR count). The topological polar surface area (TPSA) is 46.6 Å². The Kier molecular flexibility index (Phi) is 3.70. The second kappa shape index (κ2) is 5.51. The van der Waals surface area contributed by atoms with Crippen molar-refractivity contribution in [3.05, 3.63) is 35.9 Å². The summed E-state index contributed by atoms with van der Waals surface area (Å²) in [6, 6.07) is 9.81. The summed E-state index contributed by atoms with van der Waals surface area (Å²) in [5.74, 6) is 0.133. The molecule has 2 amide bonds. The van der Waals surface area contributed by atoms with Crippen LogP contribution in [0.1, 0.15) is 37.7 Å². The maximum Gasteiger partial charge on any atom is 0.416 e. The Morgan fingerprint density at radius 2 is 1.76 bits per heavy atom. The van der Waals surface area contributed by atoms with Crippen LogP contribution in [0.25, 0.3) is 0 Å². The minimum absolute atomic E-state index is 0.114. The number of nitrogens with zero attached hydrogens (tertiary/aromatic N) is 1. The molecule has 1 aromatic carbocycles. The molecule has 2 aliphatic rings. The van der Waals surface area contributed by atoms with Crippen molar-refractivity contribution in [2.75, 3.05) is 13.7 Å². The van der Waals surface area contributed by atoms with Gasteiger partial charge in [0.2, 0.25) is 5.91 Å². The Morgan fingerprint density at radius 1 is 1.10 bits per heavy atom. The van der Waals surface area contributed by atoms with Crippen molar-refractivity contribution in [1.29, 1.82) is 0 Å². The van der Waals surface area contributed by atoms with Gasteiger partial charge in [-0.1, -0.05) is 49.6 Å². The van der Waals surface area contributed by atoms with Crippen molar-refractivity contribution in [3.8, 4) is 0 Å². The molecule has 0 spiro atoms. The van der Waals surface area contributed by atoms with Crippen LogP contribution >= 0.6 is 0 Å². The lowest BCUT2D eigenvalue weighted by molar-refractivity contribution is -0.145. The zero-order chi connectivity index (χ0) is 14.9. The molecule has 4 heteroatoms. The summed E-state index contributed by atoms with van der Waals surface area (Å²) in [6.07, 6.45) is 5.01. The van der Waals surface area contributed by atoms with Crippen LogP contribution in [0.4, 0.5) is 4.79 Å². The fraction of sp³-hybridized carbons (Fsp3) is 0.529. The summed E-state index contributed by atoms with van der Waals surface area (Å²) >= 11 is 0. The molecule has 1 heterocycles. The Hall–Kier alpha value is -1.84. The van der Waals surface area contributed by atoms with Gasteiger partial charge < -0.3 is 4.74 Å². The maximum atomic E-state index is 13.0. The van der Waals surface area contributed by atoms with E-state index in [1.165, 1.54) is 13.5 Å². The molecule has 1 atom stereocenters. The van der Waals surface area contributed by atoms with Gasteiger partial charge >= 0.3 is 6.09 Å². The molecule has 1 aliphatic carbocycles. The van der Waals surface area contributed by atoms with Crippen molar-refractivity contribution >= 4 is 12.0 Å². The monoisotopic (exact) mass is 287 g/mol. The number of benzene rings is 1. The van der Waals surface area contributed by atoms with E-state index < -0.39 is 11.5 Å².